The Morgan fingerprint density at radius 2 is 1.63 bits per heavy atom. The van der Waals surface area contributed by atoms with E-state index in [1.54, 1.807) is 24.5 Å². The monoisotopic (exact) mass is 261 g/mol. The first-order chi connectivity index (χ1) is 8.99. The molecule has 1 aromatic heterocycles. The minimum atomic E-state index is -0.676. The molecule has 0 saturated carbocycles. The Morgan fingerprint density at radius 1 is 1.00 bits per heavy atom. The molecule has 2 N–H and O–H groups in total. The second-order valence-electron chi connectivity index (χ2n) is 3.73. The summed E-state index contributed by atoms with van der Waals surface area (Å²) < 4.78 is 1.47. The van der Waals surface area contributed by atoms with E-state index >= 15 is 0 Å². The number of nitrogens with two attached hydrogens (primary N) is 1. The molecule has 0 aliphatic heterocycles. The van der Waals surface area contributed by atoms with Gasteiger partial charge in [0, 0.05) is 30.0 Å². The summed E-state index contributed by atoms with van der Waals surface area (Å²) in [6.07, 6.45) is 3.09. The van der Waals surface area contributed by atoms with Gasteiger partial charge in [0.05, 0.1) is 9.85 Å². The van der Waals surface area contributed by atoms with E-state index in [0.29, 0.717) is 5.69 Å². The van der Waals surface area contributed by atoms with Crippen LogP contribution in [0.3, 0.4) is 0 Å². The number of anilines is 1. The Hall–Kier alpha value is -3.03. The number of aromatic nitrogens is 1. The van der Waals surface area contributed by atoms with Crippen molar-refractivity contribution < 1.29 is 14.4 Å². The minimum absolute atomic E-state index is 0.232. The molecule has 0 radical (unpaired) electrons. The lowest BCUT2D eigenvalue weighted by atomic mass is 10.2. The maximum absolute atomic E-state index is 11.0. The lowest BCUT2D eigenvalue weighted by Crippen LogP contribution is -2.30. The molecule has 1 heterocycles. The zero-order chi connectivity index (χ0) is 14.0. The fourth-order valence-corrected chi connectivity index (χ4v) is 1.59. The number of rotatable bonds is 3. The van der Waals surface area contributed by atoms with E-state index in [1.807, 2.05) is 0 Å². The Morgan fingerprint density at radius 3 is 2.16 bits per heavy atom. The summed E-state index contributed by atoms with van der Waals surface area (Å²) in [6, 6.07) is 6.62. The first-order valence-corrected chi connectivity index (χ1v) is 5.19. The molecular formula is C11H9N4O4+. The molecule has 2 rings (SSSR count). The largest absolute Gasteiger partial charge is 0.398 e. The number of nitro benzene ring substituents is 2. The average Bonchev–Trinajstić information content (AvgIpc) is 2.38. The molecule has 0 aliphatic rings. The summed E-state index contributed by atoms with van der Waals surface area (Å²) in [7, 11) is 0. The molecule has 1 aromatic carbocycles. The third-order valence-corrected chi connectivity index (χ3v) is 2.50. The fourth-order valence-electron chi connectivity index (χ4n) is 1.59. The standard InChI is InChI=1S/C11H8N4O4/c12-8-3-5-13(6-4-8)10-2-1-9(14(16)17)7-11(10)15(18)19/h1-7,12H/p+1. The van der Waals surface area contributed by atoms with Gasteiger partial charge < -0.3 is 5.73 Å². The van der Waals surface area contributed by atoms with E-state index in [-0.39, 0.29) is 17.1 Å². The number of nitrogens with zero attached hydrogens (tertiary/aromatic N) is 3. The van der Waals surface area contributed by atoms with Crippen LogP contribution in [0.1, 0.15) is 0 Å². The van der Waals surface area contributed by atoms with Gasteiger partial charge >= 0.3 is 5.69 Å². The highest BCUT2D eigenvalue weighted by atomic mass is 16.6. The minimum Gasteiger partial charge on any atom is -0.398 e. The summed E-state index contributed by atoms with van der Waals surface area (Å²) in [5.41, 5.74) is 5.61. The third-order valence-electron chi connectivity index (χ3n) is 2.50. The molecule has 0 unspecified atom stereocenters. The molecule has 19 heavy (non-hydrogen) atoms. The fraction of sp³-hybridized carbons (Fsp3) is 0. The van der Waals surface area contributed by atoms with Crippen molar-refractivity contribution in [1.82, 2.24) is 0 Å². The van der Waals surface area contributed by atoms with Gasteiger partial charge in [-0.3, -0.25) is 20.2 Å². The first kappa shape index (κ1) is 12.4. The van der Waals surface area contributed by atoms with Gasteiger partial charge in [0.25, 0.3) is 11.4 Å². The van der Waals surface area contributed by atoms with Crippen LogP contribution in [0.5, 0.6) is 0 Å². The molecule has 2 aromatic rings. The van der Waals surface area contributed by atoms with Gasteiger partial charge in [-0.25, -0.2) is 0 Å². The summed E-state index contributed by atoms with van der Waals surface area (Å²) in [4.78, 5) is 20.3. The maximum Gasteiger partial charge on any atom is 0.347 e. The SMILES string of the molecule is Nc1cc[n+](-c2ccc([N+](=O)[O-])cc2[N+](=O)[O-])cc1. The van der Waals surface area contributed by atoms with Crippen molar-refractivity contribution in [2.75, 3.05) is 5.73 Å². The van der Waals surface area contributed by atoms with Crippen LogP contribution in [-0.4, -0.2) is 9.85 Å². The Balaban J connectivity index is 2.59. The van der Waals surface area contributed by atoms with Gasteiger partial charge in [-0.1, -0.05) is 0 Å². The van der Waals surface area contributed by atoms with Crippen LogP contribution in [0, 0.1) is 20.2 Å². The Bertz CT molecular complexity index is 654. The smallest absolute Gasteiger partial charge is 0.347 e. The van der Waals surface area contributed by atoms with Crippen LogP contribution in [-0.2, 0) is 0 Å². The number of pyridine rings is 1. The van der Waals surface area contributed by atoms with E-state index in [9.17, 15) is 20.2 Å². The number of nitro groups is 2. The number of hydrogen-bond acceptors (Lipinski definition) is 5. The van der Waals surface area contributed by atoms with E-state index < -0.39 is 9.85 Å². The lowest BCUT2D eigenvalue weighted by molar-refractivity contribution is -0.600. The zero-order valence-corrected chi connectivity index (χ0v) is 9.59. The molecule has 0 aliphatic carbocycles. The van der Waals surface area contributed by atoms with Crippen molar-refractivity contribution in [3.8, 4) is 5.69 Å². The van der Waals surface area contributed by atoms with E-state index in [0.717, 1.165) is 6.07 Å². The first-order valence-electron chi connectivity index (χ1n) is 5.19. The van der Waals surface area contributed by atoms with E-state index in [4.69, 9.17) is 5.73 Å². The van der Waals surface area contributed by atoms with Crippen LogP contribution in [0.25, 0.3) is 5.69 Å². The Kier molecular flexibility index (Phi) is 3.06. The normalized spacial score (nSPS) is 10.1. The van der Waals surface area contributed by atoms with Crippen molar-refractivity contribution in [3.05, 3.63) is 63.0 Å². The van der Waals surface area contributed by atoms with Crippen LogP contribution >= 0.6 is 0 Å². The molecule has 0 atom stereocenters. The van der Waals surface area contributed by atoms with Gasteiger partial charge in [0.1, 0.15) is 6.07 Å². The summed E-state index contributed by atoms with van der Waals surface area (Å²) in [5, 5.41) is 21.6. The van der Waals surface area contributed by atoms with Gasteiger partial charge in [0.2, 0.25) is 0 Å². The summed E-state index contributed by atoms with van der Waals surface area (Å²) >= 11 is 0. The number of benzene rings is 1. The van der Waals surface area contributed by atoms with Crippen molar-refractivity contribution >= 4 is 17.1 Å². The van der Waals surface area contributed by atoms with Gasteiger partial charge in [-0.05, 0) is 0 Å². The van der Waals surface area contributed by atoms with Crippen LogP contribution in [0.2, 0.25) is 0 Å². The highest BCUT2D eigenvalue weighted by Gasteiger charge is 2.25. The number of non-ortho nitro benzene ring substituents is 1. The van der Waals surface area contributed by atoms with Crippen LogP contribution < -0.4 is 10.3 Å². The maximum atomic E-state index is 11.0. The third kappa shape index (κ3) is 2.46. The summed E-state index contributed by atoms with van der Waals surface area (Å²) in [6.45, 7) is 0. The highest BCUT2D eigenvalue weighted by molar-refractivity contribution is 5.53. The van der Waals surface area contributed by atoms with E-state index in [1.165, 1.54) is 16.7 Å². The average molecular weight is 261 g/mol. The predicted octanol–water partition coefficient (Wildman–Crippen LogP) is 1.36. The van der Waals surface area contributed by atoms with Crippen molar-refractivity contribution in [2.24, 2.45) is 0 Å². The molecular weight excluding hydrogens is 252 g/mol. The predicted molar refractivity (Wildman–Crippen MR) is 65.7 cm³/mol. The highest BCUT2D eigenvalue weighted by Crippen LogP contribution is 2.24. The Labute approximate surface area is 107 Å². The molecule has 96 valence electrons. The number of nitrogen functional groups attached to an aromatic ring is 1. The quantitative estimate of drug-likeness (QED) is 0.508. The van der Waals surface area contributed by atoms with Crippen molar-refractivity contribution in [3.63, 3.8) is 0 Å². The van der Waals surface area contributed by atoms with Gasteiger partial charge in [-0.15, -0.1) is 0 Å². The molecule has 0 bridgehead atoms. The zero-order valence-electron chi connectivity index (χ0n) is 9.59. The molecule has 8 heteroatoms. The number of hydrogen-bond donors (Lipinski definition) is 1. The summed E-state index contributed by atoms with van der Waals surface area (Å²) in [5.74, 6) is 0. The lowest BCUT2D eigenvalue weighted by Gasteiger charge is -1.98. The van der Waals surface area contributed by atoms with Crippen LogP contribution in [0.15, 0.2) is 42.7 Å². The topological polar surface area (TPSA) is 116 Å². The second-order valence-corrected chi connectivity index (χ2v) is 3.73. The van der Waals surface area contributed by atoms with Gasteiger partial charge in [-0.2, -0.15) is 4.57 Å². The van der Waals surface area contributed by atoms with Crippen LogP contribution in [0.4, 0.5) is 17.1 Å². The van der Waals surface area contributed by atoms with Gasteiger partial charge in [0.15, 0.2) is 12.4 Å². The second kappa shape index (κ2) is 4.69. The molecule has 0 fully saturated rings. The molecule has 8 nitrogen and oxygen atoms in total. The van der Waals surface area contributed by atoms with Crippen molar-refractivity contribution in [1.29, 1.82) is 0 Å². The molecule has 0 spiro atoms. The van der Waals surface area contributed by atoms with E-state index in [2.05, 4.69) is 0 Å². The molecule has 0 saturated heterocycles. The van der Waals surface area contributed by atoms with Crippen molar-refractivity contribution in [2.45, 2.75) is 0 Å². The molecule has 0 amide bonds.